The third-order valence-electron chi connectivity index (χ3n) is 2.90. The Morgan fingerprint density at radius 1 is 1.38 bits per heavy atom. The van der Waals surface area contributed by atoms with Crippen molar-refractivity contribution < 1.29 is 9.90 Å². The summed E-state index contributed by atoms with van der Waals surface area (Å²) in [6.07, 6.45) is 2.85. The molecule has 1 unspecified atom stereocenters. The molecule has 1 amide bonds. The number of carbonyl (C=O) groups is 1. The average molecular weight is 370 g/mol. The van der Waals surface area contributed by atoms with Gasteiger partial charge in [0.25, 0.3) is 5.91 Å². The van der Waals surface area contributed by atoms with Crippen LogP contribution in [0.3, 0.4) is 0 Å². The van der Waals surface area contributed by atoms with Crippen LogP contribution in [-0.2, 0) is 0 Å². The summed E-state index contributed by atoms with van der Waals surface area (Å²) in [7, 11) is 0. The van der Waals surface area contributed by atoms with Crippen LogP contribution in [0.15, 0.2) is 47.2 Å². The van der Waals surface area contributed by atoms with E-state index in [1.165, 1.54) is 6.20 Å². The first-order valence-electron chi connectivity index (χ1n) is 6.38. The van der Waals surface area contributed by atoms with Crippen LogP contribution in [0.1, 0.15) is 28.4 Å². The van der Waals surface area contributed by atoms with Gasteiger partial charge in [-0.25, -0.2) is 0 Å². The SMILES string of the molecule is O=C(NCCC(O)c1cccc(Cl)c1)c1cncc(Br)c1. The molecular weight excluding hydrogens is 356 g/mol. The molecule has 0 radical (unpaired) electrons. The molecule has 0 bridgehead atoms. The molecule has 2 aromatic rings. The molecule has 0 fully saturated rings. The van der Waals surface area contributed by atoms with E-state index in [0.29, 0.717) is 23.6 Å². The lowest BCUT2D eigenvalue weighted by molar-refractivity contribution is 0.0942. The van der Waals surface area contributed by atoms with Crippen molar-refractivity contribution in [3.63, 3.8) is 0 Å². The van der Waals surface area contributed by atoms with E-state index in [-0.39, 0.29) is 5.91 Å². The molecule has 0 saturated carbocycles. The highest BCUT2D eigenvalue weighted by atomic mass is 79.9. The molecule has 2 rings (SSSR count). The molecule has 1 atom stereocenters. The number of aliphatic hydroxyl groups is 1. The second-order valence-electron chi connectivity index (χ2n) is 4.51. The fourth-order valence-corrected chi connectivity index (χ4v) is 2.40. The molecule has 6 heteroatoms. The van der Waals surface area contributed by atoms with Gasteiger partial charge in [-0.05, 0) is 46.1 Å². The lowest BCUT2D eigenvalue weighted by Gasteiger charge is -2.12. The lowest BCUT2D eigenvalue weighted by Crippen LogP contribution is -2.25. The summed E-state index contributed by atoms with van der Waals surface area (Å²) >= 11 is 9.14. The Bertz CT molecular complexity index is 637. The highest BCUT2D eigenvalue weighted by Gasteiger charge is 2.10. The summed E-state index contributed by atoms with van der Waals surface area (Å²) in [6.45, 7) is 0.360. The van der Waals surface area contributed by atoms with E-state index in [2.05, 4.69) is 26.2 Å². The molecule has 0 aliphatic carbocycles. The summed E-state index contributed by atoms with van der Waals surface area (Å²) in [6, 6.07) is 8.74. The van der Waals surface area contributed by atoms with Gasteiger partial charge in [-0.15, -0.1) is 0 Å². The number of nitrogens with one attached hydrogen (secondary N) is 1. The molecule has 1 aromatic carbocycles. The van der Waals surface area contributed by atoms with Crippen LogP contribution < -0.4 is 5.32 Å². The van der Waals surface area contributed by atoms with Crippen molar-refractivity contribution in [1.82, 2.24) is 10.3 Å². The third kappa shape index (κ3) is 4.81. The number of aliphatic hydroxyl groups excluding tert-OH is 1. The van der Waals surface area contributed by atoms with Crippen molar-refractivity contribution in [2.75, 3.05) is 6.54 Å². The number of amides is 1. The molecular formula is C15H14BrClN2O2. The van der Waals surface area contributed by atoms with Crippen molar-refractivity contribution in [3.8, 4) is 0 Å². The molecule has 0 aliphatic rings. The number of rotatable bonds is 5. The Hall–Kier alpha value is -1.43. The zero-order valence-electron chi connectivity index (χ0n) is 11.1. The van der Waals surface area contributed by atoms with E-state index >= 15 is 0 Å². The van der Waals surface area contributed by atoms with E-state index < -0.39 is 6.10 Å². The van der Waals surface area contributed by atoms with E-state index in [1.54, 1.807) is 36.5 Å². The number of hydrogen-bond donors (Lipinski definition) is 2. The van der Waals surface area contributed by atoms with Gasteiger partial charge in [0, 0.05) is 28.4 Å². The number of carbonyl (C=O) groups excluding carboxylic acids is 1. The van der Waals surface area contributed by atoms with Gasteiger partial charge >= 0.3 is 0 Å². The Morgan fingerprint density at radius 3 is 2.90 bits per heavy atom. The van der Waals surface area contributed by atoms with Gasteiger partial charge in [-0.1, -0.05) is 23.7 Å². The smallest absolute Gasteiger partial charge is 0.252 e. The number of hydrogen-bond acceptors (Lipinski definition) is 3. The molecule has 1 aromatic heterocycles. The van der Waals surface area contributed by atoms with E-state index in [4.69, 9.17) is 11.6 Å². The topological polar surface area (TPSA) is 62.2 Å². The maximum absolute atomic E-state index is 11.9. The van der Waals surface area contributed by atoms with Gasteiger partial charge < -0.3 is 10.4 Å². The van der Waals surface area contributed by atoms with Crippen molar-refractivity contribution >= 4 is 33.4 Å². The normalized spacial score (nSPS) is 12.0. The minimum absolute atomic E-state index is 0.220. The van der Waals surface area contributed by atoms with Crippen molar-refractivity contribution in [2.45, 2.75) is 12.5 Å². The molecule has 21 heavy (non-hydrogen) atoms. The van der Waals surface area contributed by atoms with Gasteiger partial charge in [0.2, 0.25) is 0 Å². The van der Waals surface area contributed by atoms with Crippen LogP contribution in [-0.4, -0.2) is 22.5 Å². The van der Waals surface area contributed by atoms with Crippen molar-refractivity contribution in [3.05, 3.63) is 63.3 Å². The lowest BCUT2D eigenvalue weighted by atomic mass is 10.1. The third-order valence-corrected chi connectivity index (χ3v) is 3.57. The van der Waals surface area contributed by atoms with Crippen LogP contribution >= 0.6 is 27.5 Å². The van der Waals surface area contributed by atoms with Crippen LogP contribution in [0.2, 0.25) is 5.02 Å². The Balaban J connectivity index is 1.85. The number of halogens is 2. The van der Waals surface area contributed by atoms with E-state index in [0.717, 1.165) is 10.0 Å². The highest BCUT2D eigenvalue weighted by Crippen LogP contribution is 2.19. The number of benzene rings is 1. The second-order valence-corrected chi connectivity index (χ2v) is 5.86. The molecule has 110 valence electrons. The Morgan fingerprint density at radius 2 is 2.19 bits per heavy atom. The highest BCUT2D eigenvalue weighted by molar-refractivity contribution is 9.10. The van der Waals surface area contributed by atoms with E-state index in [9.17, 15) is 9.90 Å². The number of aromatic nitrogens is 1. The predicted octanol–water partition coefficient (Wildman–Crippen LogP) is 3.35. The quantitative estimate of drug-likeness (QED) is 0.849. The summed E-state index contributed by atoms with van der Waals surface area (Å²) in [5.74, 6) is -0.220. The maximum Gasteiger partial charge on any atom is 0.252 e. The average Bonchev–Trinajstić information content (AvgIpc) is 2.47. The molecule has 1 heterocycles. The fourth-order valence-electron chi connectivity index (χ4n) is 1.84. The van der Waals surface area contributed by atoms with Crippen LogP contribution in [0.5, 0.6) is 0 Å². The van der Waals surface area contributed by atoms with E-state index in [1.807, 2.05) is 0 Å². The molecule has 4 nitrogen and oxygen atoms in total. The maximum atomic E-state index is 11.9. The minimum Gasteiger partial charge on any atom is -0.388 e. The second kappa shape index (κ2) is 7.54. The van der Waals surface area contributed by atoms with Crippen LogP contribution in [0, 0.1) is 0 Å². The summed E-state index contributed by atoms with van der Waals surface area (Å²) in [5, 5.41) is 13.4. The predicted molar refractivity (Wildman–Crippen MR) is 85.3 cm³/mol. The zero-order chi connectivity index (χ0) is 15.2. The first-order valence-corrected chi connectivity index (χ1v) is 7.55. The Kier molecular flexibility index (Phi) is 5.73. The van der Waals surface area contributed by atoms with Gasteiger partial charge in [0.1, 0.15) is 0 Å². The fraction of sp³-hybridized carbons (Fsp3) is 0.200. The molecule has 2 N–H and O–H groups in total. The Labute approximate surface area is 136 Å². The van der Waals surface area contributed by atoms with Crippen LogP contribution in [0.4, 0.5) is 0 Å². The van der Waals surface area contributed by atoms with Crippen molar-refractivity contribution in [2.24, 2.45) is 0 Å². The number of nitrogens with zero attached hydrogens (tertiary/aromatic N) is 1. The molecule has 0 spiro atoms. The van der Waals surface area contributed by atoms with Gasteiger partial charge in [-0.3, -0.25) is 9.78 Å². The van der Waals surface area contributed by atoms with Gasteiger partial charge in [0.05, 0.1) is 11.7 Å². The first-order chi connectivity index (χ1) is 10.1. The number of pyridine rings is 1. The zero-order valence-corrected chi connectivity index (χ0v) is 13.4. The monoisotopic (exact) mass is 368 g/mol. The molecule has 0 saturated heterocycles. The summed E-state index contributed by atoms with van der Waals surface area (Å²) < 4.78 is 0.745. The van der Waals surface area contributed by atoms with Crippen LogP contribution in [0.25, 0.3) is 0 Å². The summed E-state index contributed by atoms with van der Waals surface area (Å²) in [5.41, 5.74) is 1.21. The standard InChI is InChI=1S/C15H14BrClN2O2/c16-12-6-11(8-18-9-12)15(21)19-5-4-14(20)10-2-1-3-13(17)7-10/h1-3,6-9,14,20H,4-5H2,(H,19,21). The first kappa shape index (κ1) is 15.9. The van der Waals surface area contributed by atoms with Gasteiger partial charge in [0.15, 0.2) is 0 Å². The van der Waals surface area contributed by atoms with Gasteiger partial charge in [-0.2, -0.15) is 0 Å². The summed E-state index contributed by atoms with van der Waals surface area (Å²) in [4.78, 5) is 15.8. The van der Waals surface area contributed by atoms with Crippen molar-refractivity contribution in [1.29, 1.82) is 0 Å². The molecule has 0 aliphatic heterocycles. The largest absolute Gasteiger partial charge is 0.388 e. The minimum atomic E-state index is -0.662.